The number of fused-ring (bicyclic) bond motifs is 2. The zero-order valence-corrected chi connectivity index (χ0v) is 23.5. The minimum absolute atomic E-state index is 0.0145. The maximum absolute atomic E-state index is 15.8. The van der Waals surface area contributed by atoms with Crippen molar-refractivity contribution < 1.29 is 27.5 Å². The molecule has 2 amide bonds. The Bertz CT molecular complexity index is 1390. The summed E-state index contributed by atoms with van der Waals surface area (Å²) in [4.78, 5) is 37.1. The van der Waals surface area contributed by atoms with E-state index in [-0.39, 0.29) is 72.1 Å². The van der Waals surface area contributed by atoms with Gasteiger partial charge in [-0.3, -0.25) is 14.5 Å². The van der Waals surface area contributed by atoms with E-state index in [4.69, 9.17) is 16.3 Å². The van der Waals surface area contributed by atoms with Crippen LogP contribution in [0.2, 0.25) is 5.02 Å². The molecule has 0 spiro atoms. The fourth-order valence-corrected chi connectivity index (χ4v) is 6.04. The summed E-state index contributed by atoms with van der Waals surface area (Å²) in [5, 5.41) is -0.0935. The number of amides is 2. The Labute approximate surface area is 235 Å². The molecule has 1 aromatic heterocycles. The Hall–Kier alpha value is -3.31. The maximum atomic E-state index is 15.8. The Balaban J connectivity index is 1.71. The van der Waals surface area contributed by atoms with Crippen LogP contribution in [0.25, 0.3) is 11.3 Å². The number of ether oxygens (including phenoxy) is 1. The molecule has 0 radical (unpaired) electrons. The van der Waals surface area contributed by atoms with Gasteiger partial charge in [-0.15, -0.1) is 0 Å². The van der Waals surface area contributed by atoms with E-state index in [0.29, 0.717) is 0 Å². The van der Waals surface area contributed by atoms with Crippen LogP contribution in [0, 0.1) is 5.82 Å². The van der Waals surface area contributed by atoms with Crippen molar-refractivity contribution in [2.75, 3.05) is 51.8 Å². The first-order valence-electron chi connectivity index (χ1n) is 13.0. The van der Waals surface area contributed by atoms with Crippen LogP contribution < -0.4 is 9.64 Å². The van der Waals surface area contributed by atoms with Crippen molar-refractivity contribution in [1.82, 2.24) is 19.7 Å². The molecule has 12 heteroatoms. The molecule has 40 heavy (non-hydrogen) atoms. The number of aromatic nitrogens is 1. The number of rotatable bonds is 4. The van der Waals surface area contributed by atoms with Crippen LogP contribution in [0.3, 0.4) is 0 Å². The van der Waals surface area contributed by atoms with Gasteiger partial charge in [-0.1, -0.05) is 30.3 Å². The minimum Gasteiger partial charge on any atom is -0.489 e. The molecular formula is C28H31ClF3N5O3. The number of likely N-dealkylation sites (N-methyl/N-ethyl adjacent to an activating group) is 1. The lowest BCUT2D eigenvalue weighted by atomic mass is 9.94. The summed E-state index contributed by atoms with van der Waals surface area (Å²) < 4.78 is 52.7. The van der Waals surface area contributed by atoms with Gasteiger partial charge < -0.3 is 19.4 Å². The smallest absolute Gasteiger partial charge is 0.287 e. The number of benzene rings is 1. The van der Waals surface area contributed by atoms with E-state index in [1.54, 1.807) is 30.0 Å². The SMILES string of the molecule is C=CC(=O)N1CCN2C(=O)c3c(N4C[C@@H](N(C)C)C(F)(F)C4(C)C)nc(-c4ccccc4F)c(Cl)c3OCC2C1. The number of anilines is 1. The molecule has 214 valence electrons. The van der Waals surface area contributed by atoms with E-state index in [1.807, 2.05) is 0 Å². The van der Waals surface area contributed by atoms with Crippen LogP contribution in [-0.4, -0.2) is 102 Å². The molecule has 1 unspecified atom stereocenters. The van der Waals surface area contributed by atoms with Crippen LogP contribution >= 0.6 is 11.6 Å². The summed E-state index contributed by atoms with van der Waals surface area (Å²) >= 11 is 6.78. The number of pyridine rings is 1. The second-order valence-corrected chi connectivity index (χ2v) is 11.4. The van der Waals surface area contributed by atoms with Crippen LogP contribution in [-0.2, 0) is 4.79 Å². The first kappa shape index (κ1) is 28.2. The first-order chi connectivity index (χ1) is 18.8. The second-order valence-electron chi connectivity index (χ2n) is 11.0. The quantitative estimate of drug-likeness (QED) is 0.513. The Morgan fingerprint density at radius 1 is 1.23 bits per heavy atom. The predicted molar refractivity (Wildman–Crippen MR) is 146 cm³/mol. The number of piperazine rings is 1. The summed E-state index contributed by atoms with van der Waals surface area (Å²) in [6.07, 6.45) is 1.21. The summed E-state index contributed by atoms with van der Waals surface area (Å²) in [6, 6.07) is 4.13. The lowest BCUT2D eigenvalue weighted by Gasteiger charge is -2.40. The van der Waals surface area contributed by atoms with E-state index in [0.717, 1.165) is 0 Å². The van der Waals surface area contributed by atoms with E-state index < -0.39 is 35.3 Å². The van der Waals surface area contributed by atoms with Gasteiger partial charge >= 0.3 is 0 Å². The highest BCUT2D eigenvalue weighted by Gasteiger charge is 2.64. The molecule has 2 aromatic rings. The fourth-order valence-electron chi connectivity index (χ4n) is 5.75. The van der Waals surface area contributed by atoms with Crippen LogP contribution in [0.15, 0.2) is 36.9 Å². The summed E-state index contributed by atoms with van der Waals surface area (Å²) in [5.74, 6) is -4.68. The van der Waals surface area contributed by atoms with E-state index in [2.05, 4.69) is 11.6 Å². The molecule has 0 aliphatic carbocycles. The van der Waals surface area contributed by atoms with Gasteiger partial charge in [0.2, 0.25) is 5.91 Å². The van der Waals surface area contributed by atoms with Gasteiger partial charge in [0, 0.05) is 31.7 Å². The van der Waals surface area contributed by atoms with Crippen LogP contribution in [0.4, 0.5) is 19.0 Å². The van der Waals surface area contributed by atoms with Gasteiger partial charge in [0.15, 0.2) is 5.75 Å². The lowest BCUT2D eigenvalue weighted by molar-refractivity contribution is -0.128. The highest BCUT2D eigenvalue weighted by molar-refractivity contribution is 6.35. The molecule has 8 nitrogen and oxygen atoms in total. The first-order valence-corrected chi connectivity index (χ1v) is 13.3. The molecule has 2 atom stereocenters. The zero-order valence-electron chi connectivity index (χ0n) is 22.8. The number of halogens is 4. The molecule has 3 aliphatic heterocycles. The average molecular weight is 578 g/mol. The second kappa shape index (κ2) is 9.95. The van der Waals surface area contributed by atoms with Crippen molar-refractivity contribution in [1.29, 1.82) is 0 Å². The molecule has 0 saturated carbocycles. The number of hydrogen-bond donors (Lipinski definition) is 0. The molecule has 2 fully saturated rings. The van der Waals surface area contributed by atoms with Gasteiger partial charge in [0.05, 0.1) is 17.8 Å². The third-order valence-corrected chi connectivity index (χ3v) is 8.56. The van der Waals surface area contributed by atoms with Gasteiger partial charge in [-0.2, -0.15) is 0 Å². The number of carbonyl (C=O) groups excluding carboxylic acids is 2. The number of carbonyl (C=O) groups is 2. The highest BCUT2D eigenvalue weighted by Crippen LogP contribution is 2.50. The fraction of sp³-hybridized carbons (Fsp3) is 0.464. The summed E-state index contributed by atoms with van der Waals surface area (Å²) in [5.41, 5.74) is -1.80. The van der Waals surface area contributed by atoms with Crippen molar-refractivity contribution in [2.45, 2.75) is 37.4 Å². The third kappa shape index (κ3) is 4.21. The lowest BCUT2D eigenvalue weighted by Crippen LogP contribution is -2.57. The molecule has 2 saturated heterocycles. The number of nitrogens with zero attached hydrogens (tertiary/aromatic N) is 5. The standard InChI is InChI=1S/C28H31ClF3N5O3/c1-6-20(38)35-11-12-36-16(13-35)15-40-24-21(26(36)39)25(33-23(22(24)29)17-9-7-8-10-18(17)30)37-14-19(34(4)5)28(31,32)27(37,2)3/h6-10,16,19H,1,11-15H2,2-5H3/t16?,19-/m1/s1. The summed E-state index contributed by atoms with van der Waals surface area (Å²) in [7, 11) is 3.14. The minimum atomic E-state index is -3.20. The number of hydrogen-bond acceptors (Lipinski definition) is 6. The number of alkyl halides is 2. The molecule has 3 aliphatic rings. The van der Waals surface area contributed by atoms with Gasteiger partial charge in [-0.05, 0) is 46.2 Å². The largest absolute Gasteiger partial charge is 0.489 e. The molecular weight excluding hydrogens is 547 g/mol. The Morgan fingerprint density at radius 2 is 1.93 bits per heavy atom. The average Bonchev–Trinajstić information content (AvgIpc) is 3.01. The Morgan fingerprint density at radius 3 is 2.55 bits per heavy atom. The van der Waals surface area contributed by atoms with E-state index in [1.165, 1.54) is 47.9 Å². The van der Waals surface area contributed by atoms with Crippen molar-refractivity contribution in [3.05, 3.63) is 53.3 Å². The Kier molecular flexibility index (Phi) is 7.02. The molecule has 1 aromatic carbocycles. The molecule has 0 N–H and O–H groups in total. The highest BCUT2D eigenvalue weighted by atomic mass is 35.5. The van der Waals surface area contributed by atoms with Gasteiger partial charge in [-0.25, -0.2) is 18.2 Å². The zero-order chi connectivity index (χ0) is 29.1. The van der Waals surface area contributed by atoms with E-state index >= 15 is 8.78 Å². The molecule has 4 heterocycles. The van der Waals surface area contributed by atoms with Crippen molar-refractivity contribution in [3.63, 3.8) is 0 Å². The normalized spacial score (nSPS) is 23.4. The summed E-state index contributed by atoms with van der Waals surface area (Å²) in [6.45, 7) is 6.81. The van der Waals surface area contributed by atoms with Gasteiger partial charge in [0.1, 0.15) is 34.4 Å². The van der Waals surface area contributed by atoms with Crippen LogP contribution in [0.1, 0.15) is 24.2 Å². The topological polar surface area (TPSA) is 69.2 Å². The third-order valence-electron chi connectivity index (χ3n) is 8.21. The molecule has 5 rings (SSSR count). The monoisotopic (exact) mass is 577 g/mol. The van der Waals surface area contributed by atoms with Crippen molar-refractivity contribution >= 4 is 29.2 Å². The predicted octanol–water partition coefficient (Wildman–Crippen LogP) is 3.94. The molecule has 0 bridgehead atoms. The van der Waals surface area contributed by atoms with Crippen molar-refractivity contribution in [2.24, 2.45) is 0 Å². The van der Waals surface area contributed by atoms with E-state index in [9.17, 15) is 14.0 Å². The van der Waals surface area contributed by atoms with Gasteiger partial charge in [0.25, 0.3) is 11.8 Å². The maximum Gasteiger partial charge on any atom is 0.287 e. The van der Waals surface area contributed by atoms with Crippen molar-refractivity contribution in [3.8, 4) is 17.0 Å². The van der Waals surface area contributed by atoms with Crippen LogP contribution in [0.5, 0.6) is 5.75 Å².